The number of benzene rings is 1. The average molecular weight is 298 g/mol. The lowest BCUT2D eigenvalue weighted by Crippen LogP contribution is -2.30. The minimum absolute atomic E-state index is 0.281. The van der Waals surface area contributed by atoms with Gasteiger partial charge in [0.2, 0.25) is 5.91 Å². The van der Waals surface area contributed by atoms with Crippen molar-refractivity contribution < 1.29 is 18.0 Å². The summed E-state index contributed by atoms with van der Waals surface area (Å²) in [6.45, 7) is -0.281. The number of carbonyl (C=O) groups excluding carboxylic acids is 1. The SMILES string of the molecule is CN(C(=O)Cn1cc(C(F)(F)F)cn1)c1ccc(N)cc1. The van der Waals surface area contributed by atoms with Gasteiger partial charge in [-0.05, 0) is 24.3 Å². The molecule has 1 amide bonds. The molecule has 21 heavy (non-hydrogen) atoms. The van der Waals surface area contributed by atoms with Gasteiger partial charge in [-0.2, -0.15) is 18.3 Å². The van der Waals surface area contributed by atoms with Crippen LogP contribution in [0.1, 0.15) is 5.56 Å². The number of aromatic nitrogens is 2. The molecule has 2 aromatic rings. The second-order valence-electron chi connectivity index (χ2n) is 4.47. The molecule has 2 rings (SSSR count). The quantitative estimate of drug-likeness (QED) is 0.883. The lowest BCUT2D eigenvalue weighted by molar-refractivity contribution is -0.137. The molecule has 2 N–H and O–H groups in total. The summed E-state index contributed by atoms with van der Waals surface area (Å²) in [5.41, 5.74) is 5.81. The molecule has 0 saturated heterocycles. The Bertz CT molecular complexity index is 634. The zero-order chi connectivity index (χ0) is 15.6. The van der Waals surface area contributed by atoms with E-state index in [2.05, 4.69) is 5.10 Å². The Morgan fingerprint density at radius 1 is 1.33 bits per heavy atom. The highest BCUT2D eigenvalue weighted by atomic mass is 19.4. The molecule has 112 valence electrons. The Morgan fingerprint density at radius 3 is 2.48 bits per heavy atom. The highest BCUT2D eigenvalue weighted by Crippen LogP contribution is 2.28. The van der Waals surface area contributed by atoms with Crippen molar-refractivity contribution in [2.75, 3.05) is 17.7 Å². The fourth-order valence-electron chi connectivity index (χ4n) is 1.68. The molecule has 0 spiro atoms. The van der Waals surface area contributed by atoms with Gasteiger partial charge in [0.15, 0.2) is 0 Å². The van der Waals surface area contributed by atoms with E-state index in [-0.39, 0.29) is 6.54 Å². The van der Waals surface area contributed by atoms with Gasteiger partial charge < -0.3 is 10.6 Å². The van der Waals surface area contributed by atoms with Crippen LogP contribution in [0.25, 0.3) is 0 Å². The summed E-state index contributed by atoms with van der Waals surface area (Å²) in [6, 6.07) is 6.57. The van der Waals surface area contributed by atoms with Crippen LogP contribution in [0.5, 0.6) is 0 Å². The standard InChI is InChI=1S/C13H13F3N4O/c1-19(11-4-2-10(17)3-5-11)12(21)8-20-7-9(6-18-20)13(14,15)16/h2-7H,8,17H2,1H3. The van der Waals surface area contributed by atoms with Crippen LogP contribution in [0.2, 0.25) is 0 Å². The number of amides is 1. The zero-order valence-corrected chi connectivity index (χ0v) is 11.1. The van der Waals surface area contributed by atoms with Crippen molar-refractivity contribution in [2.45, 2.75) is 12.7 Å². The maximum Gasteiger partial charge on any atom is 0.419 e. The second kappa shape index (κ2) is 5.47. The molecule has 0 fully saturated rings. The van der Waals surface area contributed by atoms with Crippen molar-refractivity contribution in [2.24, 2.45) is 0 Å². The molecule has 0 saturated carbocycles. The Hall–Kier alpha value is -2.51. The molecular formula is C13H13F3N4O. The number of carbonyl (C=O) groups is 1. The fraction of sp³-hybridized carbons (Fsp3) is 0.231. The van der Waals surface area contributed by atoms with E-state index in [9.17, 15) is 18.0 Å². The molecular weight excluding hydrogens is 285 g/mol. The van der Waals surface area contributed by atoms with Crippen molar-refractivity contribution in [1.82, 2.24) is 9.78 Å². The van der Waals surface area contributed by atoms with Crippen LogP contribution in [-0.4, -0.2) is 22.7 Å². The number of nitrogens with two attached hydrogens (primary N) is 1. The number of likely N-dealkylation sites (N-methyl/N-ethyl adjacent to an activating group) is 1. The summed E-state index contributed by atoms with van der Waals surface area (Å²) in [5, 5.41) is 3.54. The topological polar surface area (TPSA) is 64.2 Å². The van der Waals surface area contributed by atoms with Crippen LogP contribution in [0.3, 0.4) is 0 Å². The number of anilines is 2. The monoisotopic (exact) mass is 298 g/mol. The van der Waals surface area contributed by atoms with Gasteiger partial charge >= 0.3 is 6.18 Å². The zero-order valence-electron chi connectivity index (χ0n) is 11.1. The first-order valence-corrected chi connectivity index (χ1v) is 5.99. The van der Waals surface area contributed by atoms with Crippen molar-refractivity contribution in [3.05, 3.63) is 42.2 Å². The van der Waals surface area contributed by atoms with Crippen LogP contribution in [0.4, 0.5) is 24.5 Å². The molecule has 1 heterocycles. The smallest absolute Gasteiger partial charge is 0.399 e. The summed E-state index contributed by atoms with van der Waals surface area (Å²) >= 11 is 0. The predicted molar refractivity (Wildman–Crippen MR) is 71.5 cm³/mol. The lowest BCUT2D eigenvalue weighted by Gasteiger charge is -2.17. The minimum atomic E-state index is -4.47. The first-order chi connectivity index (χ1) is 9.77. The molecule has 0 unspecified atom stereocenters. The molecule has 1 aromatic carbocycles. The van der Waals surface area contributed by atoms with Crippen LogP contribution < -0.4 is 10.6 Å². The van der Waals surface area contributed by atoms with Crippen molar-refractivity contribution in [1.29, 1.82) is 0 Å². The van der Waals surface area contributed by atoms with E-state index in [1.165, 1.54) is 11.9 Å². The first-order valence-electron chi connectivity index (χ1n) is 5.99. The molecule has 0 aliphatic rings. The molecule has 0 aliphatic carbocycles. The van der Waals surface area contributed by atoms with Gasteiger partial charge in [-0.3, -0.25) is 9.48 Å². The summed E-state index contributed by atoms with van der Waals surface area (Å²) in [5.74, 6) is -0.392. The number of rotatable bonds is 3. The van der Waals surface area contributed by atoms with Crippen LogP contribution >= 0.6 is 0 Å². The Balaban J connectivity index is 2.07. The van der Waals surface area contributed by atoms with Gasteiger partial charge in [-0.25, -0.2) is 0 Å². The van der Waals surface area contributed by atoms with Crippen molar-refractivity contribution in [3.63, 3.8) is 0 Å². The number of hydrogen-bond donors (Lipinski definition) is 1. The maximum absolute atomic E-state index is 12.4. The lowest BCUT2D eigenvalue weighted by atomic mass is 10.2. The Morgan fingerprint density at radius 2 is 1.95 bits per heavy atom. The van der Waals surface area contributed by atoms with E-state index in [0.717, 1.165) is 10.9 Å². The molecule has 8 heteroatoms. The molecule has 0 aliphatic heterocycles. The normalized spacial score (nSPS) is 11.4. The van der Waals surface area contributed by atoms with Gasteiger partial charge in [0.05, 0.1) is 11.8 Å². The van der Waals surface area contributed by atoms with Crippen LogP contribution in [0.15, 0.2) is 36.7 Å². The number of alkyl halides is 3. The third-order valence-electron chi connectivity index (χ3n) is 2.91. The molecule has 5 nitrogen and oxygen atoms in total. The average Bonchev–Trinajstić information content (AvgIpc) is 2.87. The summed E-state index contributed by atoms with van der Waals surface area (Å²) in [7, 11) is 1.53. The summed E-state index contributed by atoms with van der Waals surface area (Å²) < 4.78 is 38.3. The fourth-order valence-corrected chi connectivity index (χ4v) is 1.68. The van der Waals surface area contributed by atoms with Gasteiger partial charge in [-0.1, -0.05) is 0 Å². The van der Waals surface area contributed by atoms with Gasteiger partial charge in [0.25, 0.3) is 0 Å². The van der Waals surface area contributed by atoms with E-state index in [0.29, 0.717) is 17.6 Å². The maximum atomic E-state index is 12.4. The molecule has 0 radical (unpaired) electrons. The Labute approximate surface area is 118 Å². The second-order valence-corrected chi connectivity index (χ2v) is 4.47. The van der Waals surface area contributed by atoms with Crippen LogP contribution in [0, 0.1) is 0 Å². The van der Waals surface area contributed by atoms with E-state index in [1.54, 1.807) is 24.3 Å². The summed E-state index contributed by atoms with van der Waals surface area (Å²) in [6.07, 6.45) is -2.98. The first kappa shape index (κ1) is 14.9. The van der Waals surface area contributed by atoms with E-state index < -0.39 is 17.6 Å². The van der Waals surface area contributed by atoms with Crippen molar-refractivity contribution >= 4 is 17.3 Å². The molecule has 0 atom stereocenters. The number of nitrogen functional groups attached to an aromatic ring is 1. The van der Waals surface area contributed by atoms with Gasteiger partial charge in [0.1, 0.15) is 6.54 Å². The predicted octanol–water partition coefficient (Wildman–Crippen LogP) is 2.15. The minimum Gasteiger partial charge on any atom is -0.399 e. The van der Waals surface area contributed by atoms with Gasteiger partial charge in [0, 0.05) is 24.6 Å². The molecule has 1 aromatic heterocycles. The number of halogens is 3. The third kappa shape index (κ3) is 3.53. The highest BCUT2D eigenvalue weighted by Gasteiger charge is 2.32. The van der Waals surface area contributed by atoms with Gasteiger partial charge in [-0.15, -0.1) is 0 Å². The highest BCUT2D eigenvalue weighted by molar-refractivity contribution is 5.92. The number of hydrogen-bond acceptors (Lipinski definition) is 3. The third-order valence-corrected chi connectivity index (χ3v) is 2.91. The largest absolute Gasteiger partial charge is 0.419 e. The Kier molecular flexibility index (Phi) is 3.88. The summed E-state index contributed by atoms with van der Waals surface area (Å²) in [4.78, 5) is 13.3. The van der Waals surface area contributed by atoms with E-state index >= 15 is 0 Å². The molecule has 0 bridgehead atoms. The van der Waals surface area contributed by atoms with E-state index in [4.69, 9.17) is 5.73 Å². The van der Waals surface area contributed by atoms with E-state index in [1.807, 2.05) is 0 Å². The van der Waals surface area contributed by atoms with Crippen LogP contribution in [-0.2, 0) is 17.5 Å². The van der Waals surface area contributed by atoms with Crippen molar-refractivity contribution in [3.8, 4) is 0 Å². The number of nitrogens with zero attached hydrogens (tertiary/aromatic N) is 3.